The number of hydrogen-bond acceptors (Lipinski definition) is 2. The molecule has 0 aromatic heterocycles. The summed E-state index contributed by atoms with van der Waals surface area (Å²) in [6.45, 7) is 9.59. The third-order valence-electron chi connectivity index (χ3n) is 8.47. The zero-order chi connectivity index (χ0) is 30.3. The van der Waals surface area contributed by atoms with E-state index in [1.54, 1.807) is 76.3 Å². The van der Waals surface area contributed by atoms with Crippen LogP contribution in [0.15, 0.2) is 72.9 Å². The molecule has 0 heterocycles. The van der Waals surface area contributed by atoms with Crippen LogP contribution in [-0.4, -0.2) is 24.9 Å². The first-order valence-electron chi connectivity index (χ1n) is 13.6. The van der Waals surface area contributed by atoms with Crippen molar-refractivity contribution in [2.45, 2.75) is 49.0 Å². The number of carbonyl (C=O) groups is 2. The maximum absolute atomic E-state index is 17.1. The van der Waals surface area contributed by atoms with Crippen molar-refractivity contribution in [3.8, 4) is 0 Å². The topological polar surface area (TPSA) is 40.6 Å². The Balaban J connectivity index is 2.31. The minimum absolute atomic E-state index is 0.105. The molecule has 2 aliphatic carbocycles. The van der Waals surface area contributed by atoms with Crippen LogP contribution in [0, 0.1) is 23.3 Å². The Morgan fingerprint density at radius 3 is 1.24 bits per heavy atom. The molecule has 2 aromatic carbocycles. The van der Waals surface area contributed by atoms with Crippen LogP contribution in [-0.2, 0) is 26.2 Å². The SMILES string of the molecule is CCN(C(C)=O)c1ccc(F)[c]([Ti]([c]2c(F)ccc(N(CC)C(C)=O)c2F)([C]2(C)C=CC=C2)[C]2(C)C=CC=C2)c1F. The van der Waals surface area contributed by atoms with E-state index in [0.29, 0.717) is 0 Å². The van der Waals surface area contributed by atoms with Crippen LogP contribution in [0.4, 0.5) is 28.9 Å². The van der Waals surface area contributed by atoms with E-state index in [0.717, 1.165) is 12.1 Å². The molecule has 0 saturated carbocycles. The number of rotatable bonds is 8. The summed E-state index contributed by atoms with van der Waals surface area (Å²) < 4.78 is 63.8. The van der Waals surface area contributed by atoms with Gasteiger partial charge < -0.3 is 0 Å². The number of hydrogen-bond donors (Lipinski definition) is 0. The Hall–Kier alpha value is -3.23. The zero-order valence-corrected chi connectivity index (χ0v) is 25.6. The van der Waals surface area contributed by atoms with Gasteiger partial charge in [-0.3, -0.25) is 0 Å². The van der Waals surface area contributed by atoms with E-state index in [4.69, 9.17) is 0 Å². The minimum atomic E-state index is -5.31. The molecular formula is C32H34F4N2O2Ti. The molecule has 2 amide bonds. The molecule has 4 nitrogen and oxygen atoms in total. The fourth-order valence-corrected chi connectivity index (χ4v) is 17.3. The van der Waals surface area contributed by atoms with Gasteiger partial charge in [-0.15, -0.1) is 0 Å². The Labute approximate surface area is 242 Å². The van der Waals surface area contributed by atoms with Crippen LogP contribution in [0.1, 0.15) is 41.5 Å². The molecular weight excluding hydrogens is 568 g/mol. The molecule has 0 fully saturated rings. The fraction of sp³-hybridized carbons (Fsp3) is 0.312. The Bertz CT molecular complexity index is 1390. The summed E-state index contributed by atoms with van der Waals surface area (Å²) >= 11 is -5.31. The monoisotopic (exact) mass is 602 g/mol. The second-order valence-corrected chi connectivity index (χ2v) is 18.1. The van der Waals surface area contributed by atoms with Gasteiger partial charge in [-0.2, -0.15) is 0 Å². The molecule has 0 unspecified atom stereocenters. The predicted octanol–water partition coefficient (Wildman–Crippen LogP) is 6.70. The summed E-state index contributed by atoms with van der Waals surface area (Å²) in [6.07, 6.45) is 13.9. The van der Waals surface area contributed by atoms with Crippen LogP contribution in [0.3, 0.4) is 0 Å². The van der Waals surface area contributed by atoms with E-state index < -0.39 is 66.8 Å². The fourth-order valence-electron chi connectivity index (χ4n) is 6.73. The predicted molar refractivity (Wildman–Crippen MR) is 153 cm³/mol. The van der Waals surface area contributed by atoms with Crippen molar-refractivity contribution < 1.29 is 43.7 Å². The van der Waals surface area contributed by atoms with Crippen molar-refractivity contribution >= 4 is 30.9 Å². The number of allylic oxidation sites excluding steroid dienone is 8. The van der Waals surface area contributed by atoms with Crippen molar-refractivity contribution in [1.29, 1.82) is 0 Å². The van der Waals surface area contributed by atoms with Gasteiger partial charge in [-0.1, -0.05) is 0 Å². The van der Waals surface area contributed by atoms with E-state index in [2.05, 4.69) is 0 Å². The molecule has 0 atom stereocenters. The van der Waals surface area contributed by atoms with Gasteiger partial charge in [0.2, 0.25) is 0 Å². The number of carbonyl (C=O) groups excluding carboxylic acids is 2. The molecule has 41 heavy (non-hydrogen) atoms. The summed E-state index contributed by atoms with van der Waals surface area (Å²) in [6, 6.07) is 4.53. The van der Waals surface area contributed by atoms with Gasteiger partial charge in [-0.25, -0.2) is 0 Å². The molecule has 2 aromatic rings. The second kappa shape index (κ2) is 11.2. The third-order valence-corrected chi connectivity index (χ3v) is 18.3. The summed E-state index contributed by atoms with van der Waals surface area (Å²) in [5.41, 5.74) is -0.321. The first-order valence-corrected chi connectivity index (χ1v) is 16.7. The maximum atomic E-state index is 17.1. The molecule has 2 aliphatic rings. The summed E-state index contributed by atoms with van der Waals surface area (Å²) in [5, 5.41) is 0. The zero-order valence-electron chi connectivity index (χ0n) is 24.1. The number of nitrogens with zero attached hydrogens (tertiary/aromatic N) is 2. The van der Waals surface area contributed by atoms with E-state index in [1.807, 2.05) is 0 Å². The number of anilines is 2. The normalized spacial score (nSPS) is 16.4. The third kappa shape index (κ3) is 4.56. The first kappa shape index (κ1) is 30.7. The number of halogens is 4. The van der Waals surface area contributed by atoms with Gasteiger partial charge in [-0.05, 0) is 0 Å². The average molecular weight is 602 g/mol. The van der Waals surface area contributed by atoms with Crippen molar-refractivity contribution in [3.05, 3.63) is 96.1 Å². The van der Waals surface area contributed by atoms with E-state index in [9.17, 15) is 9.59 Å². The van der Waals surface area contributed by atoms with E-state index in [1.165, 1.54) is 35.8 Å². The molecule has 0 aliphatic heterocycles. The molecule has 0 N–H and O–H groups in total. The molecule has 0 radical (unpaired) electrons. The Morgan fingerprint density at radius 2 is 0.976 bits per heavy atom. The Morgan fingerprint density at radius 1 is 0.659 bits per heavy atom. The van der Waals surface area contributed by atoms with Gasteiger partial charge in [0.25, 0.3) is 0 Å². The molecule has 0 bridgehead atoms. The summed E-state index contributed by atoms with van der Waals surface area (Å²) in [4.78, 5) is 27.3. The van der Waals surface area contributed by atoms with Crippen LogP contribution in [0.25, 0.3) is 0 Å². The van der Waals surface area contributed by atoms with Crippen molar-refractivity contribution in [2.24, 2.45) is 0 Å². The van der Waals surface area contributed by atoms with Crippen molar-refractivity contribution in [2.75, 3.05) is 22.9 Å². The average Bonchev–Trinajstić information content (AvgIpc) is 3.55. The van der Waals surface area contributed by atoms with Gasteiger partial charge in [0, 0.05) is 0 Å². The van der Waals surface area contributed by atoms with Gasteiger partial charge >= 0.3 is 243 Å². The number of benzene rings is 2. The van der Waals surface area contributed by atoms with Gasteiger partial charge in [0.15, 0.2) is 0 Å². The number of amides is 2. The van der Waals surface area contributed by atoms with Crippen LogP contribution in [0.2, 0.25) is 7.44 Å². The van der Waals surface area contributed by atoms with Gasteiger partial charge in [0.05, 0.1) is 0 Å². The quantitative estimate of drug-likeness (QED) is 0.249. The summed E-state index contributed by atoms with van der Waals surface area (Å²) in [5.74, 6) is -4.84. The van der Waals surface area contributed by atoms with Crippen molar-refractivity contribution in [3.63, 3.8) is 0 Å². The van der Waals surface area contributed by atoms with Crippen molar-refractivity contribution in [1.82, 2.24) is 0 Å². The van der Waals surface area contributed by atoms with Gasteiger partial charge in [0.1, 0.15) is 0 Å². The van der Waals surface area contributed by atoms with Crippen LogP contribution < -0.4 is 17.5 Å². The molecule has 216 valence electrons. The Kier molecular flexibility index (Phi) is 8.41. The van der Waals surface area contributed by atoms with E-state index >= 15 is 17.6 Å². The molecule has 0 saturated heterocycles. The first-order chi connectivity index (χ1) is 19.3. The van der Waals surface area contributed by atoms with Crippen LogP contribution in [0.5, 0.6) is 0 Å². The molecule has 9 heteroatoms. The van der Waals surface area contributed by atoms with Crippen LogP contribution >= 0.6 is 0 Å². The van der Waals surface area contributed by atoms with E-state index in [-0.39, 0.29) is 24.5 Å². The summed E-state index contributed by atoms with van der Waals surface area (Å²) in [7, 11) is 0. The second-order valence-electron chi connectivity index (χ2n) is 10.8. The molecule has 4 rings (SSSR count). The molecule has 0 spiro atoms. The standard InChI is InChI=1S/2C10H10F2NO.2C6H7.Ti/c2*1-3-13(7(2)14)10-5-4-8(11)6-9(10)12;2*1-6-4-2-3-5-6;/h2*4-5H,3H2,1-2H3;2*2-5H,1H3;.